The first-order valence-corrected chi connectivity index (χ1v) is 13.6. The number of pyridine rings is 1. The number of sulfone groups is 1. The molecule has 0 amide bonds. The van der Waals surface area contributed by atoms with Crippen LogP contribution in [-0.2, 0) is 9.84 Å². The Morgan fingerprint density at radius 3 is 2.42 bits per heavy atom. The van der Waals surface area contributed by atoms with Crippen molar-refractivity contribution in [3.63, 3.8) is 0 Å². The van der Waals surface area contributed by atoms with E-state index in [4.69, 9.17) is 14.2 Å². The van der Waals surface area contributed by atoms with E-state index in [2.05, 4.69) is 9.97 Å². The molecule has 2 aromatic carbocycles. The van der Waals surface area contributed by atoms with Gasteiger partial charge in [0.15, 0.2) is 17.1 Å². The third-order valence-corrected chi connectivity index (χ3v) is 6.62. The molecule has 0 spiro atoms. The summed E-state index contributed by atoms with van der Waals surface area (Å²) in [6.07, 6.45) is 2.80. The number of methoxy groups -OCH3 is 1. The summed E-state index contributed by atoms with van der Waals surface area (Å²) in [6, 6.07) is 13.7. The van der Waals surface area contributed by atoms with Crippen molar-refractivity contribution in [1.29, 1.82) is 0 Å². The van der Waals surface area contributed by atoms with Crippen LogP contribution in [0, 0.1) is 0 Å². The summed E-state index contributed by atoms with van der Waals surface area (Å²) in [7, 11) is -1.95. The van der Waals surface area contributed by atoms with Crippen LogP contribution in [0.5, 0.6) is 17.2 Å². The Bertz CT molecular complexity index is 1540. The molecule has 190 valence electrons. The first-order chi connectivity index (χ1) is 17.3. The second-order valence-corrected chi connectivity index (χ2v) is 10.5. The van der Waals surface area contributed by atoms with Crippen molar-refractivity contribution in [1.82, 2.24) is 14.5 Å². The highest BCUT2D eigenvalue weighted by atomic mass is 32.2. The molecule has 9 nitrogen and oxygen atoms in total. The summed E-state index contributed by atoms with van der Waals surface area (Å²) in [4.78, 5) is 20.6. The minimum atomic E-state index is -3.48. The van der Waals surface area contributed by atoms with Gasteiger partial charge in [-0.3, -0.25) is 4.57 Å². The summed E-state index contributed by atoms with van der Waals surface area (Å²) in [6.45, 7) is 4.67. The maximum absolute atomic E-state index is 13.2. The Hall–Kier alpha value is -3.79. The fourth-order valence-corrected chi connectivity index (χ4v) is 5.13. The largest absolute Gasteiger partial charge is 0.493 e. The van der Waals surface area contributed by atoms with Crippen LogP contribution in [0.3, 0.4) is 0 Å². The van der Waals surface area contributed by atoms with E-state index in [-0.39, 0.29) is 5.75 Å². The predicted molar refractivity (Wildman–Crippen MR) is 139 cm³/mol. The molecule has 0 bridgehead atoms. The lowest BCUT2D eigenvalue weighted by Gasteiger charge is -2.20. The molecule has 2 heterocycles. The molecule has 1 N–H and O–H groups in total. The summed E-state index contributed by atoms with van der Waals surface area (Å²) in [5.41, 5.74) is 2.56. The average molecular weight is 512 g/mol. The fourth-order valence-electron chi connectivity index (χ4n) is 4.21. The van der Waals surface area contributed by atoms with Crippen LogP contribution in [0.1, 0.15) is 25.5 Å². The Balaban J connectivity index is 1.87. The summed E-state index contributed by atoms with van der Waals surface area (Å²) >= 11 is 0. The lowest BCUT2D eigenvalue weighted by atomic mass is 10.1. The number of para-hydroxylation sites is 1. The van der Waals surface area contributed by atoms with Gasteiger partial charge in [0.1, 0.15) is 15.6 Å². The fraction of sp³-hybridized carbons (Fsp3) is 0.308. The summed E-state index contributed by atoms with van der Waals surface area (Å²) in [5.74, 6) is 1.39. The van der Waals surface area contributed by atoms with Crippen LogP contribution in [0.15, 0.2) is 59.5 Å². The van der Waals surface area contributed by atoms with E-state index in [0.717, 1.165) is 17.4 Å². The van der Waals surface area contributed by atoms with Gasteiger partial charge >= 0.3 is 5.69 Å². The number of aromatic nitrogens is 3. The SMILES string of the molecule is CCOc1cc([C@@H](CS(C)(=O)=O)n2c(=O)[nH]c3cc(-c4ccccc4OCC)cnc32)ccc1OC. The number of imidazole rings is 1. The zero-order valence-electron chi connectivity index (χ0n) is 20.6. The number of nitrogens with zero attached hydrogens (tertiary/aromatic N) is 2. The molecule has 1 atom stereocenters. The lowest BCUT2D eigenvalue weighted by molar-refractivity contribution is 0.310. The van der Waals surface area contributed by atoms with E-state index in [1.54, 1.807) is 24.4 Å². The van der Waals surface area contributed by atoms with Crippen molar-refractivity contribution in [2.75, 3.05) is 32.3 Å². The van der Waals surface area contributed by atoms with Gasteiger partial charge in [-0.05, 0) is 43.7 Å². The number of rotatable bonds is 10. The quantitative estimate of drug-likeness (QED) is 0.344. The molecule has 0 unspecified atom stereocenters. The van der Waals surface area contributed by atoms with Gasteiger partial charge in [0.25, 0.3) is 0 Å². The van der Waals surface area contributed by atoms with E-state index < -0.39 is 21.6 Å². The Morgan fingerprint density at radius 2 is 1.72 bits per heavy atom. The third kappa shape index (κ3) is 5.23. The van der Waals surface area contributed by atoms with Gasteiger partial charge in [-0.25, -0.2) is 18.2 Å². The zero-order valence-corrected chi connectivity index (χ0v) is 21.5. The smallest absolute Gasteiger partial charge is 0.328 e. The van der Waals surface area contributed by atoms with Crippen LogP contribution in [-0.4, -0.2) is 55.3 Å². The van der Waals surface area contributed by atoms with E-state index in [1.807, 2.05) is 44.2 Å². The van der Waals surface area contributed by atoms with Gasteiger partial charge in [-0.15, -0.1) is 0 Å². The maximum Gasteiger partial charge on any atom is 0.328 e. The van der Waals surface area contributed by atoms with Crippen molar-refractivity contribution in [3.8, 4) is 28.4 Å². The summed E-state index contributed by atoms with van der Waals surface area (Å²) in [5, 5.41) is 0. The molecule has 0 radical (unpaired) electrons. The number of hydrogen-bond donors (Lipinski definition) is 1. The van der Waals surface area contributed by atoms with Gasteiger partial charge in [-0.1, -0.05) is 24.3 Å². The number of benzene rings is 2. The molecule has 2 aromatic heterocycles. The molecule has 0 saturated heterocycles. The second kappa shape index (κ2) is 10.4. The Kier molecular flexibility index (Phi) is 7.35. The summed E-state index contributed by atoms with van der Waals surface area (Å²) < 4.78 is 43.0. The molecule has 0 aliphatic carbocycles. The number of H-pyrrole nitrogens is 1. The number of fused-ring (bicyclic) bond motifs is 1. The topological polar surface area (TPSA) is 113 Å². The monoisotopic (exact) mass is 511 g/mol. The molecule has 0 saturated carbocycles. The van der Waals surface area contributed by atoms with Crippen molar-refractivity contribution < 1.29 is 22.6 Å². The molecule has 0 aliphatic heterocycles. The highest BCUT2D eigenvalue weighted by Crippen LogP contribution is 2.34. The van der Waals surface area contributed by atoms with E-state index in [1.165, 1.54) is 11.7 Å². The average Bonchev–Trinajstić information content (AvgIpc) is 3.17. The highest BCUT2D eigenvalue weighted by molar-refractivity contribution is 7.90. The van der Waals surface area contributed by atoms with Crippen LogP contribution in [0.25, 0.3) is 22.3 Å². The first kappa shape index (κ1) is 25.3. The van der Waals surface area contributed by atoms with E-state index >= 15 is 0 Å². The van der Waals surface area contributed by atoms with Crippen LogP contribution >= 0.6 is 0 Å². The second-order valence-electron chi connectivity index (χ2n) is 8.28. The molecule has 0 fully saturated rings. The Labute approximate surface area is 209 Å². The standard InChI is InChI=1S/C26H29N3O6S/c1-5-34-22-10-8-7-9-19(22)18-13-20-25(27-15-18)29(26(30)28-20)21(16-36(4,31)32)17-11-12-23(33-3)24(14-17)35-6-2/h7-15,21H,5-6,16H2,1-4H3,(H,28,30)/t21-/m1/s1. The van der Waals surface area contributed by atoms with Crippen molar-refractivity contribution in [2.45, 2.75) is 19.9 Å². The minimum absolute atomic E-state index is 0.297. The first-order valence-electron chi connectivity index (χ1n) is 11.6. The molecule has 10 heteroatoms. The van der Waals surface area contributed by atoms with Crippen LogP contribution in [0.2, 0.25) is 0 Å². The molecular formula is C26H29N3O6S. The zero-order chi connectivity index (χ0) is 25.9. The molecular weight excluding hydrogens is 482 g/mol. The number of hydrogen-bond acceptors (Lipinski definition) is 7. The predicted octanol–water partition coefficient (Wildman–Crippen LogP) is 3.83. The van der Waals surface area contributed by atoms with Crippen molar-refractivity contribution in [2.24, 2.45) is 0 Å². The van der Waals surface area contributed by atoms with Gasteiger partial charge in [0.2, 0.25) is 0 Å². The normalized spacial score (nSPS) is 12.4. The van der Waals surface area contributed by atoms with E-state index in [0.29, 0.717) is 47.2 Å². The number of ether oxygens (including phenoxy) is 3. The minimum Gasteiger partial charge on any atom is -0.493 e. The van der Waals surface area contributed by atoms with Crippen molar-refractivity contribution >= 4 is 21.0 Å². The van der Waals surface area contributed by atoms with Crippen LogP contribution < -0.4 is 19.9 Å². The maximum atomic E-state index is 13.2. The highest BCUT2D eigenvalue weighted by Gasteiger charge is 2.26. The van der Waals surface area contributed by atoms with E-state index in [9.17, 15) is 13.2 Å². The molecule has 4 aromatic rings. The van der Waals surface area contributed by atoms with Gasteiger partial charge < -0.3 is 19.2 Å². The van der Waals surface area contributed by atoms with Gasteiger partial charge in [0, 0.05) is 23.6 Å². The molecule has 36 heavy (non-hydrogen) atoms. The van der Waals surface area contributed by atoms with Crippen LogP contribution in [0.4, 0.5) is 0 Å². The van der Waals surface area contributed by atoms with Gasteiger partial charge in [-0.2, -0.15) is 0 Å². The molecule has 0 aliphatic rings. The number of aromatic amines is 1. The third-order valence-electron chi connectivity index (χ3n) is 5.70. The lowest BCUT2D eigenvalue weighted by Crippen LogP contribution is -2.28. The Morgan fingerprint density at radius 1 is 1.00 bits per heavy atom. The number of nitrogens with one attached hydrogen (secondary N) is 1. The molecule has 4 rings (SSSR count). The van der Waals surface area contributed by atoms with Crippen molar-refractivity contribution in [3.05, 3.63) is 70.8 Å². The van der Waals surface area contributed by atoms with Gasteiger partial charge in [0.05, 0.1) is 37.6 Å².